The lowest BCUT2D eigenvalue weighted by molar-refractivity contribution is 0.453. The van der Waals surface area contributed by atoms with Crippen LogP contribution in [0.4, 0.5) is 13.2 Å². The second-order valence-electron chi connectivity index (χ2n) is 4.18. The van der Waals surface area contributed by atoms with Crippen LogP contribution in [-0.2, 0) is 0 Å². The predicted octanol–water partition coefficient (Wildman–Crippen LogP) is 4.18. The molecule has 0 aliphatic heterocycles. The van der Waals surface area contributed by atoms with Gasteiger partial charge in [0.05, 0.1) is 15.9 Å². The summed E-state index contributed by atoms with van der Waals surface area (Å²) in [4.78, 5) is 4.13. The molecule has 0 N–H and O–H groups in total. The van der Waals surface area contributed by atoms with Crippen molar-refractivity contribution < 1.29 is 13.2 Å². The monoisotopic (exact) mass is 257 g/mol. The topological polar surface area (TPSA) is 12.9 Å². The van der Waals surface area contributed by atoms with E-state index in [0.717, 1.165) is 18.9 Å². The molecule has 1 heterocycles. The summed E-state index contributed by atoms with van der Waals surface area (Å²) in [5.74, 6) is -3.72. The van der Waals surface area contributed by atoms with Gasteiger partial charge in [0.2, 0.25) is 0 Å². The van der Waals surface area contributed by atoms with Crippen molar-refractivity contribution in [1.29, 1.82) is 0 Å². The molecule has 1 nitrogen and oxygen atoms in total. The van der Waals surface area contributed by atoms with Crippen LogP contribution in [0.25, 0.3) is 10.9 Å². The Kier molecular flexibility index (Phi) is 2.30. The zero-order valence-corrected chi connectivity index (χ0v) is 9.36. The number of aromatic nitrogens is 1. The number of fused-ring (bicyclic) bond motifs is 1. The Labute approximate surface area is 100 Å². The number of nitrogens with zero attached hydrogens (tertiary/aromatic N) is 1. The third-order valence-corrected chi connectivity index (χ3v) is 3.20. The minimum atomic E-state index is -1.51. The molecular formula is C12H7ClF3N. The molecule has 1 aromatic heterocycles. The van der Waals surface area contributed by atoms with Gasteiger partial charge < -0.3 is 0 Å². The standard InChI is InChI=1S/C12H7ClF3N/c13-6-3-8(5-1-2-5)17-9-4-7(14)11(15)12(16)10(6)9/h3-5H,1-2H2. The van der Waals surface area contributed by atoms with E-state index >= 15 is 0 Å². The average molecular weight is 258 g/mol. The number of rotatable bonds is 1. The lowest BCUT2D eigenvalue weighted by atomic mass is 10.1. The summed E-state index contributed by atoms with van der Waals surface area (Å²) in [7, 11) is 0. The van der Waals surface area contributed by atoms with E-state index in [1.807, 2.05) is 0 Å². The van der Waals surface area contributed by atoms with E-state index in [1.165, 1.54) is 6.07 Å². The van der Waals surface area contributed by atoms with Crippen molar-refractivity contribution in [3.8, 4) is 0 Å². The Balaban J connectivity index is 2.35. The zero-order chi connectivity index (χ0) is 12.2. The molecule has 5 heteroatoms. The summed E-state index contributed by atoms with van der Waals surface area (Å²) in [6.07, 6.45) is 2.00. The molecular weight excluding hydrogens is 251 g/mol. The molecule has 17 heavy (non-hydrogen) atoms. The highest BCUT2D eigenvalue weighted by molar-refractivity contribution is 6.35. The Morgan fingerprint density at radius 3 is 2.47 bits per heavy atom. The normalized spacial score (nSPS) is 15.5. The van der Waals surface area contributed by atoms with Crippen molar-refractivity contribution in [3.05, 3.63) is 40.3 Å². The molecule has 0 unspecified atom stereocenters. The van der Waals surface area contributed by atoms with Gasteiger partial charge in [0, 0.05) is 17.7 Å². The first-order valence-corrected chi connectivity index (χ1v) is 5.59. The van der Waals surface area contributed by atoms with E-state index in [4.69, 9.17) is 11.6 Å². The first-order chi connectivity index (χ1) is 8.08. The van der Waals surface area contributed by atoms with Gasteiger partial charge in [-0.2, -0.15) is 0 Å². The SMILES string of the molecule is Fc1cc2nc(C3CC3)cc(Cl)c2c(F)c1F. The van der Waals surface area contributed by atoms with E-state index < -0.39 is 17.5 Å². The van der Waals surface area contributed by atoms with Gasteiger partial charge in [-0.15, -0.1) is 0 Å². The molecule has 0 spiro atoms. The van der Waals surface area contributed by atoms with E-state index in [0.29, 0.717) is 11.6 Å². The average Bonchev–Trinajstić information content (AvgIpc) is 3.08. The maximum atomic E-state index is 13.5. The van der Waals surface area contributed by atoms with Crippen LogP contribution in [0.15, 0.2) is 12.1 Å². The van der Waals surface area contributed by atoms with Gasteiger partial charge in [-0.25, -0.2) is 13.2 Å². The zero-order valence-electron chi connectivity index (χ0n) is 8.61. The van der Waals surface area contributed by atoms with Gasteiger partial charge in [-0.05, 0) is 18.9 Å². The van der Waals surface area contributed by atoms with Crippen LogP contribution < -0.4 is 0 Å². The Morgan fingerprint density at radius 1 is 1.12 bits per heavy atom. The number of pyridine rings is 1. The van der Waals surface area contributed by atoms with E-state index in [-0.39, 0.29) is 15.9 Å². The van der Waals surface area contributed by atoms with Crippen LogP contribution in [0.5, 0.6) is 0 Å². The molecule has 88 valence electrons. The van der Waals surface area contributed by atoms with E-state index in [1.54, 1.807) is 0 Å². The highest BCUT2D eigenvalue weighted by Crippen LogP contribution is 2.41. The Hall–Kier alpha value is -1.29. The summed E-state index contributed by atoms with van der Waals surface area (Å²) in [5, 5.41) is -0.0803. The minimum absolute atomic E-state index is 0.0656. The molecule has 0 amide bonds. The molecule has 2 aromatic rings. The van der Waals surface area contributed by atoms with E-state index in [2.05, 4.69) is 4.98 Å². The summed E-state index contributed by atoms with van der Waals surface area (Å²) < 4.78 is 39.7. The van der Waals surface area contributed by atoms with Crippen LogP contribution >= 0.6 is 11.6 Å². The fourth-order valence-corrected chi connectivity index (χ4v) is 2.15. The quantitative estimate of drug-likeness (QED) is 0.698. The summed E-state index contributed by atoms with van der Waals surface area (Å²) in [6.45, 7) is 0. The van der Waals surface area contributed by atoms with Crippen molar-refractivity contribution in [1.82, 2.24) is 4.98 Å². The van der Waals surface area contributed by atoms with Crippen LogP contribution in [0.2, 0.25) is 5.02 Å². The van der Waals surface area contributed by atoms with E-state index in [9.17, 15) is 13.2 Å². The maximum Gasteiger partial charge on any atom is 0.195 e. The Morgan fingerprint density at radius 2 is 1.82 bits per heavy atom. The van der Waals surface area contributed by atoms with Crippen molar-refractivity contribution in [3.63, 3.8) is 0 Å². The van der Waals surface area contributed by atoms with Gasteiger partial charge in [-0.3, -0.25) is 4.98 Å². The Bertz CT molecular complexity index is 623. The smallest absolute Gasteiger partial charge is 0.195 e. The number of benzene rings is 1. The second kappa shape index (κ2) is 3.60. The molecule has 1 aliphatic rings. The van der Waals surface area contributed by atoms with Gasteiger partial charge in [0.1, 0.15) is 0 Å². The first-order valence-electron chi connectivity index (χ1n) is 5.21. The summed E-state index contributed by atoms with van der Waals surface area (Å²) in [5.41, 5.74) is 0.781. The lowest BCUT2D eigenvalue weighted by Crippen LogP contribution is -1.97. The summed E-state index contributed by atoms with van der Waals surface area (Å²) >= 11 is 5.89. The number of hydrogen-bond acceptors (Lipinski definition) is 1. The molecule has 0 atom stereocenters. The molecule has 0 radical (unpaired) electrons. The molecule has 0 saturated heterocycles. The highest BCUT2D eigenvalue weighted by atomic mass is 35.5. The van der Waals surface area contributed by atoms with Gasteiger partial charge >= 0.3 is 0 Å². The largest absolute Gasteiger partial charge is 0.252 e. The molecule has 1 aromatic carbocycles. The summed E-state index contributed by atoms with van der Waals surface area (Å²) in [6, 6.07) is 2.41. The molecule has 1 aliphatic carbocycles. The van der Waals surface area contributed by atoms with Gasteiger partial charge in [0.15, 0.2) is 17.5 Å². The van der Waals surface area contributed by atoms with Crippen molar-refractivity contribution >= 4 is 22.5 Å². The second-order valence-corrected chi connectivity index (χ2v) is 4.59. The molecule has 1 fully saturated rings. The number of halogens is 4. The lowest BCUT2D eigenvalue weighted by Gasteiger charge is -2.06. The van der Waals surface area contributed by atoms with Crippen LogP contribution in [-0.4, -0.2) is 4.98 Å². The first kappa shape index (κ1) is 10.8. The molecule has 3 rings (SSSR count). The van der Waals surface area contributed by atoms with Gasteiger partial charge in [-0.1, -0.05) is 11.6 Å². The van der Waals surface area contributed by atoms with Crippen LogP contribution in [0, 0.1) is 17.5 Å². The highest BCUT2D eigenvalue weighted by Gasteiger charge is 2.27. The molecule has 1 saturated carbocycles. The fraction of sp³-hybridized carbons (Fsp3) is 0.250. The molecule has 0 bridgehead atoms. The predicted molar refractivity (Wildman–Crippen MR) is 58.6 cm³/mol. The minimum Gasteiger partial charge on any atom is -0.252 e. The van der Waals surface area contributed by atoms with Crippen LogP contribution in [0.1, 0.15) is 24.5 Å². The maximum absolute atomic E-state index is 13.5. The third kappa shape index (κ3) is 1.67. The van der Waals surface area contributed by atoms with Crippen LogP contribution in [0.3, 0.4) is 0 Å². The number of hydrogen-bond donors (Lipinski definition) is 0. The van der Waals surface area contributed by atoms with Crippen molar-refractivity contribution in [2.24, 2.45) is 0 Å². The van der Waals surface area contributed by atoms with Crippen molar-refractivity contribution in [2.75, 3.05) is 0 Å². The van der Waals surface area contributed by atoms with Gasteiger partial charge in [0.25, 0.3) is 0 Å². The van der Waals surface area contributed by atoms with Crippen molar-refractivity contribution in [2.45, 2.75) is 18.8 Å². The fourth-order valence-electron chi connectivity index (χ4n) is 1.86. The third-order valence-electron chi connectivity index (χ3n) is 2.90.